The van der Waals surface area contributed by atoms with E-state index < -0.39 is 10.0 Å². The number of ether oxygens (including phenoxy) is 1. The quantitative estimate of drug-likeness (QED) is 0.814. The molecule has 0 bridgehead atoms. The predicted octanol–water partition coefficient (Wildman–Crippen LogP) is 0.898. The molecule has 0 saturated heterocycles. The Kier molecular flexibility index (Phi) is 4.44. The lowest BCUT2D eigenvalue weighted by molar-refractivity contribution is 0.356. The SMILES string of the molecule is CCN[C@H](C)CNS(=O)(=O)c1ccc2c(c1)CCO2. The summed E-state index contributed by atoms with van der Waals surface area (Å²) in [5.41, 5.74) is 0.961. The Labute approximate surface area is 114 Å². The minimum atomic E-state index is -3.44. The van der Waals surface area contributed by atoms with E-state index in [0.717, 1.165) is 24.3 Å². The van der Waals surface area contributed by atoms with Crippen LogP contribution in [0.25, 0.3) is 0 Å². The molecule has 0 radical (unpaired) electrons. The lowest BCUT2D eigenvalue weighted by atomic mass is 10.2. The van der Waals surface area contributed by atoms with Gasteiger partial charge in [0.25, 0.3) is 0 Å². The van der Waals surface area contributed by atoms with Crippen LogP contribution in [0.2, 0.25) is 0 Å². The third-order valence-corrected chi connectivity index (χ3v) is 4.52. The minimum Gasteiger partial charge on any atom is -0.493 e. The number of hydrogen-bond acceptors (Lipinski definition) is 4. The number of hydrogen-bond donors (Lipinski definition) is 2. The fourth-order valence-electron chi connectivity index (χ4n) is 2.07. The van der Waals surface area contributed by atoms with Crippen LogP contribution in [-0.2, 0) is 16.4 Å². The monoisotopic (exact) mass is 284 g/mol. The zero-order chi connectivity index (χ0) is 13.9. The summed E-state index contributed by atoms with van der Waals surface area (Å²) in [6.45, 7) is 5.76. The second kappa shape index (κ2) is 5.90. The largest absolute Gasteiger partial charge is 0.493 e. The van der Waals surface area contributed by atoms with E-state index in [9.17, 15) is 8.42 Å². The van der Waals surface area contributed by atoms with Gasteiger partial charge in [0.15, 0.2) is 0 Å². The zero-order valence-electron chi connectivity index (χ0n) is 11.3. The molecule has 0 fully saturated rings. The third kappa shape index (κ3) is 3.46. The first-order valence-electron chi connectivity index (χ1n) is 6.51. The molecule has 0 unspecified atom stereocenters. The molecule has 1 aliphatic heterocycles. The molecule has 6 heteroatoms. The average molecular weight is 284 g/mol. The first-order valence-corrected chi connectivity index (χ1v) is 8.00. The molecule has 0 saturated carbocycles. The highest BCUT2D eigenvalue weighted by atomic mass is 32.2. The summed E-state index contributed by atoms with van der Waals surface area (Å²) < 4.78 is 32.3. The molecule has 1 aliphatic rings. The molecule has 1 atom stereocenters. The van der Waals surface area contributed by atoms with E-state index in [-0.39, 0.29) is 6.04 Å². The van der Waals surface area contributed by atoms with Crippen molar-refractivity contribution in [1.29, 1.82) is 0 Å². The van der Waals surface area contributed by atoms with Gasteiger partial charge in [0.05, 0.1) is 11.5 Å². The Balaban J connectivity index is 2.07. The van der Waals surface area contributed by atoms with Crippen LogP contribution in [-0.4, -0.2) is 34.2 Å². The summed E-state index contributed by atoms with van der Waals surface area (Å²) in [6.07, 6.45) is 0.770. The molecular weight excluding hydrogens is 264 g/mol. The van der Waals surface area contributed by atoms with Crippen LogP contribution in [0.1, 0.15) is 19.4 Å². The van der Waals surface area contributed by atoms with Gasteiger partial charge < -0.3 is 10.1 Å². The topological polar surface area (TPSA) is 67.4 Å². The van der Waals surface area contributed by atoms with Gasteiger partial charge in [0, 0.05) is 19.0 Å². The highest BCUT2D eigenvalue weighted by Crippen LogP contribution is 2.27. The second-order valence-corrected chi connectivity index (χ2v) is 6.45. The van der Waals surface area contributed by atoms with Crippen molar-refractivity contribution >= 4 is 10.0 Å². The van der Waals surface area contributed by atoms with E-state index in [0.29, 0.717) is 18.0 Å². The predicted molar refractivity (Wildman–Crippen MR) is 74.0 cm³/mol. The molecule has 2 rings (SSSR count). The van der Waals surface area contributed by atoms with E-state index in [1.165, 1.54) is 0 Å². The van der Waals surface area contributed by atoms with Gasteiger partial charge in [0.2, 0.25) is 10.0 Å². The van der Waals surface area contributed by atoms with Crippen molar-refractivity contribution in [2.45, 2.75) is 31.2 Å². The van der Waals surface area contributed by atoms with E-state index in [1.54, 1.807) is 18.2 Å². The maximum Gasteiger partial charge on any atom is 0.240 e. The van der Waals surface area contributed by atoms with Crippen LogP contribution in [0.5, 0.6) is 5.75 Å². The van der Waals surface area contributed by atoms with Crippen molar-refractivity contribution in [1.82, 2.24) is 10.0 Å². The number of likely N-dealkylation sites (N-methyl/N-ethyl adjacent to an activating group) is 1. The molecule has 2 N–H and O–H groups in total. The van der Waals surface area contributed by atoms with Crippen LogP contribution in [0.3, 0.4) is 0 Å². The summed E-state index contributed by atoms with van der Waals surface area (Å²) >= 11 is 0. The van der Waals surface area contributed by atoms with Gasteiger partial charge in [-0.25, -0.2) is 13.1 Å². The summed E-state index contributed by atoms with van der Waals surface area (Å²) in [5.74, 6) is 0.792. The molecule has 1 aromatic rings. The molecule has 1 heterocycles. The molecule has 0 spiro atoms. The van der Waals surface area contributed by atoms with Gasteiger partial charge in [-0.15, -0.1) is 0 Å². The van der Waals surface area contributed by atoms with Crippen LogP contribution in [0.15, 0.2) is 23.1 Å². The van der Waals surface area contributed by atoms with Gasteiger partial charge in [-0.2, -0.15) is 0 Å². The Hall–Kier alpha value is -1.11. The first kappa shape index (κ1) is 14.3. The normalized spacial score (nSPS) is 15.9. The summed E-state index contributed by atoms with van der Waals surface area (Å²) in [5, 5.41) is 3.16. The molecule has 5 nitrogen and oxygen atoms in total. The Bertz CT molecular complexity index is 543. The second-order valence-electron chi connectivity index (χ2n) is 4.68. The molecule has 106 valence electrons. The van der Waals surface area contributed by atoms with Crippen molar-refractivity contribution < 1.29 is 13.2 Å². The fraction of sp³-hybridized carbons (Fsp3) is 0.538. The van der Waals surface area contributed by atoms with E-state index in [2.05, 4.69) is 10.0 Å². The number of sulfonamides is 1. The number of nitrogens with one attached hydrogen (secondary N) is 2. The average Bonchev–Trinajstić information content (AvgIpc) is 2.84. The fourth-order valence-corrected chi connectivity index (χ4v) is 3.25. The van der Waals surface area contributed by atoms with Gasteiger partial charge in [0.1, 0.15) is 5.75 Å². The van der Waals surface area contributed by atoms with Crippen molar-refractivity contribution in [3.63, 3.8) is 0 Å². The van der Waals surface area contributed by atoms with Crippen molar-refractivity contribution in [3.8, 4) is 5.75 Å². The van der Waals surface area contributed by atoms with Gasteiger partial charge in [-0.1, -0.05) is 6.92 Å². The minimum absolute atomic E-state index is 0.109. The molecule has 1 aromatic carbocycles. The van der Waals surface area contributed by atoms with Crippen molar-refractivity contribution in [2.75, 3.05) is 19.7 Å². The molecule has 0 aliphatic carbocycles. The maximum absolute atomic E-state index is 12.2. The lowest BCUT2D eigenvalue weighted by Gasteiger charge is -2.13. The van der Waals surface area contributed by atoms with Crippen LogP contribution in [0, 0.1) is 0 Å². The Morgan fingerprint density at radius 2 is 2.21 bits per heavy atom. The molecular formula is C13H20N2O3S. The molecule has 0 aromatic heterocycles. The summed E-state index contributed by atoms with van der Waals surface area (Å²) in [4.78, 5) is 0.306. The summed E-state index contributed by atoms with van der Waals surface area (Å²) in [7, 11) is -3.44. The van der Waals surface area contributed by atoms with Gasteiger partial charge >= 0.3 is 0 Å². The highest BCUT2D eigenvalue weighted by Gasteiger charge is 2.19. The molecule has 19 heavy (non-hydrogen) atoms. The number of rotatable bonds is 6. The van der Waals surface area contributed by atoms with Crippen LogP contribution in [0.4, 0.5) is 0 Å². The van der Waals surface area contributed by atoms with Crippen molar-refractivity contribution in [3.05, 3.63) is 23.8 Å². The van der Waals surface area contributed by atoms with E-state index >= 15 is 0 Å². The molecule has 0 amide bonds. The smallest absolute Gasteiger partial charge is 0.240 e. The van der Waals surface area contributed by atoms with Crippen LogP contribution >= 0.6 is 0 Å². The Morgan fingerprint density at radius 1 is 1.42 bits per heavy atom. The number of benzene rings is 1. The van der Waals surface area contributed by atoms with E-state index in [1.807, 2.05) is 13.8 Å². The Morgan fingerprint density at radius 3 is 2.95 bits per heavy atom. The van der Waals surface area contributed by atoms with Crippen molar-refractivity contribution in [2.24, 2.45) is 0 Å². The summed E-state index contributed by atoms with van der Waals surface area (Å²) in [6, 6.07) is 5.12. The lowest BCUT2D eigenvalue weighted by Crippen LogP contribution is -2.38. The number of fused-ring (bicyclic) bond motifs is 1. The maximum atomic E-state index is 12.2. The third-order valence-electron chi connectivity index (χ3n) is 3.10. The van der Waals surface area contributed by atoms with Gasteiger partial charge in [-0.3, -0.25) is 0 Å². The van der Waals surface area contributed by atoms with Crippen LogP contribution < -0.4 is 14.8 Å². The van der Waals surface area contributed by atoms with Gasteiger partial charge in [-0.05, 0) is 37.2 Å². The highest BCUT2D eigenvalue weighted by molar-refractivity contribution is 7.89. The zero-order valence-corrected chi connectivity index (χ0v) is 12.1. The first-order chi connectivity index (χ1) is 9.03. The standard InChI is InChI=1S/C13H20N2O3S/c1-3-14-10(2)9-15-19(16,17)12-4-5-13-11(8-12)6-7-18-13/h4-5,8,10,14-15H,3,6-7,9H2,1-2H3/t10-/m1/s1. The van der Waals surface area contributed by atoms with E-state index in [4.69, 9.17) is 4.74 Å².